The Labute approximate surface area is 80.9 Å². The smallest absolute Gasteiger partial charge is 0.337 e. The standard InChI is InChI=1S/C8H12N2O2S/c1-8(2,3)7(11)12-10-6-4-13-5-9-6/h4-5,10H,1-3H3. The SMILES string of the molecule is CC(C)(C)C(=O)ONc1cscn1. The number of hydrogen-bond acceptors (Lipinski definition) is 5. The van der Waals surface area contributed by atoms with Crippen molar-refractivity contribution in [2.75, 3.05) is 5.48 Å². The minimum Gasteiger partial charge on any atom is -0.341 e. The van der Waals surface area contributed by atoms with E-state index in [0.717, 1.165) is 0 Å². The molecule has 13 heavy (non-hydrogen) atoms. The molecule has 0 bridgehead atoms. The normalized spacial score (nSPS) is 11.0. The number of rotatable bonds is 2. The Hall–Kier alpha value is -1.10. The number of thiazole rings is 1. The number of carbonyl (C=O) groups is 1. The van der Waals surface area contributed by atoms with E-state index in [1.165, 1.54) is 11.3 Å². The number of aromatic nitrogens is 1. The molecule has 1 aromatic rings. The number of nitrogens with zero attached hydrogens (tertiary/aromatic N) is 1. The predicted molar refractivity (Wildman–Crippen MR) is 51.3 cm³/mol. The summed E-state index contributed by atoms with van der Waals surface area (Å²) in [6, 6.07) is 0. The molecule has 0 saturated carbocycles. The van der Waals surface area contributed by atoms with E-state index < -0.39 is 5.41 Å². The van der Waals surface area contributed by atoms with Crippen LogP contribution in [0.15, 0.2) is 10.9 Å². The number of nitrogens with one attached hydrogen (secondary N) is 1. The van der Waals surface area contributed by atoms with Gasteiger partial charge in [0.1, 0.15) is 0 Å². The predicted octanol–water partition coefficient (Wildman–Crippen LogP) is 2.06. The van der Waals surface area contributed by atoms with Crippen LogP contribution >= 0.6 is 11.3 Å². The summed E-state index contributed by atoms with van der Waals surface area (Å²) in [6.45, 7) is 5.37. The first kappa shape index (κ1) is 9.98. The zero-order chi connectivity index (χ0) is 9.90. The monoisotopic (exact) mass is 200 g/mol. The Morgan fingerprint density at radius 3 is 2.77 bits per heavy atom. The summed E-state index contributed by atoms with van der Waals surface area (Å²) < 4.78 is 0. The largest absolute Gasteiger partial charge is 0.341 e. The summed E-state index contributed by atoms with van der Waals surface area (Å²) in [5.41, 5.74) is 3.64. The molecule has 0 aromatic carbocycles. The van der Waals surface area contributed by atoms with Gasteiger partial charge in [0.15, 0.2) is 5.82 Å². The van der Waals surface area contributed by atoms with E-state index in [0.29, 0.717) is 5.82 Å². The van der Waals surface area contributed by atoms with Gasteiger partial charge < -0.3 is 4.84 Å². The number of anilines is 1. The van der Waals surface area contributed by atoms with Gasteiger partial charge in [0, 0.05) is 5.38 Å². The van der Waals surface area contributed by atoms with E-state index in [1.807, 2.05) is 0 Å². The molecule has 4 nitrogen and oxygen atoms in total. The van der Waals surface area contributed by atoms with E-state index in [1.54, 1.807) is 31.7 Å². The lowest BCUT2D eigenvalue weighted by atomic mass is 9.98. The molecule has 0 spiro atoms. The number of hydrogen-bond donors (Lipinski definition) is 1. The first-order valence-electron chi connectivity index (χ1n) is 3.85. The average Bonchev–Trinajstić information content (AvgIpc) is 2.50. The van der Waals surface area contributed by atoms with Crippen LogP contribution in [0, 0.1) is 5.41 Å². The van der Waals surface area contributed by atoms with Gasteiger partial charge in [0.2, 0.25) is 0 Å². The maximum absolute atomic E-state index is 11.3. The van der Waals surface area contributed by atoms with Gasteiger partial charge in [0.25, 0.3) is 0 Å². The van der Waals surface area contributed by atoms with Gasteiger partial charge in [-0.3, -0.25) is 0 Å². The molecule has 0 radical (unpaired) electrons. The maximum atomic E-state index is 11.3. The van der Waals surface area contributed by atoms with Crippen LogP contribution in [0.4, 0.5) is 5.82 Å². The molecule has 0 unspecified atom stereocenters. The molecule has 0 saturated heterocycles. The highest BCUT2D eigenvalue weighted by Gasteiger charge is 2.23. The fraction of sp³-hybridized carbons (Fsp3) is 0.500. The molecule has 1 N–H and O–H groups in total. The first-order chi connectivity index (χ1) is 6.00. The number of carbonyl (C=O) groups excluding carboxylic acids is 1. The Morgan fingerprint density at radius 2 is 2.31 bits per heavy atom. The Kier molecular flexibility index (Phi) is 2.87. The van der Waals surface area contributed by atoms with Crippen LogP contribution in [0.25, 0.3) is 0 Å². The van der Waals surface area contributed by atoms with Crippen molar-refractivity contribution in [2.45, 2.75) is 20.8 Å². The maximum Gasteiger partial charge on any atom is 0.337 e. The van der Waals surface area contributed by atoms with Gasteiger partial charge in [-0.15, -0.1) is 11.3 Å². The molecule has 0 amide bonds. The lowest BCUT2D eigenvalue weighted by Crippen LogP contribution is -2.25. The molecular formula is C8H12N2O2S. The van der Waals surface area contributed by atoms with Crippen LogP contribution in [0.1, 0.15) is 20.8 Å². The van der Waals surface area contributed by atoms with Crippen LogP contribution in [-0.2, 0) is 9.63 Å². The topological polar surface area (TPSA) is 51.2 Å². The van der Waals surface area contributed by atoms with E-state index >= 15 is 0 Å². The van der Waals surface area contributed by atoms with Gasteiger partial charge >= 0.3 is 5.97 Å². The van der Waals surface area contributed by atoms with E-state index in [-0.39, 0.29) is 5.97 Å². The molecule has 1 heterocycles. The van der Waals surface area contributed by atoms with Gasteiger partial charge in [-0.25, -0.2) is 9.78 Å². The van der Waals surface area contributed by atoms with Gasteiger partial charge in [-0.05, 0) is 20.8 Å². The molecular weight excluding hydrogens is 188 g/mol. The average molecular weight is 200 g/mol. The molecule has 0 aliphatic carbocycles. The summed E-state index contributed by atoms with van der Waals surface area (Å²) >= 11 is 1.43. The molecule has 5 heteroatoms. The lowest BCUT2D eigenvalue weighted by molar-refractivity contribution is -0.149. The second kappa shape index (κ2) is 3.74. The van der Waals surface area contributed by atoms with Crippen molar-refractivity contribution in [3.05, 3.63) is 10.9 Å². The van der Waals surface area contributed by atoms with Gasteiger partial charge in [-0.2, -0.15) is 5.48 Å². The summed E-state index contributed by atoms with van der Waals surface area (Å²) in [4.78, 5) is 20.0. The van der Waals surface area contributed by atoms with Crippen LogP contribution in [0.3, 0.4) is 0 Å². The quantitative estimate of drug-likeness (QED) is 0.742. The van der Waals surface area contributed by atoms with Crippen LogP contribution in [-0.4, -0.2) is 11.0 Å². The minimum atomic E-state index is -0.497. The fourth-order valence-electron chi connectivity index (χ4n) is 0.515. The van der Waals surface area contributed by atoms with Crippen LogP contribution < -0.4 is 5.48 Å². The minimum absolute atomic E-state index is 0.305. The summed E-state index contributed by atoms with van der Waals surface area (Å²) in [6.07, 6.45) is 0. The molecule has 1 aromatic heterocycles. The van der Waals surface area contributed by atoms with Crippen molar-refractivity contribution in [3.8, 4) is 0 Å². The Balaban J connectivity index is 2.40. The Bertz CT molecular complexity index is 277. The lowest BCUT2D eigenvalue weighted by Gasteiger charge is -2.15. The fourth-order valence-corrected chi connectivity index (χ4v) is 0.988. The van der Waals surface area contributed by atoms with Crippen molar-refractivity contribution >= 4 is 23.1 Å². The molecule has 0 atom stereocenters. The summed E-state index contributed by atoms with van der Waals surface area (Å²) in [5, 5.41) is 1.76. The van der Waals surface area contributed by atoms with E-state index in [4.69, 9.17) is 4.84 Å². The highest BCUT2D eigenvalue weighted by molar-refractivity contribution is 7.07. The van der Waals surface area contributed by atoms with Crippen molar-refractivity contribution in [1.29, 1.82) is 0 Å². The van der Waals surface area contributed by atoms with Crippen molar-refractivity contribution in [1.82, 2.24) is 4.98 Å². The zero-order valence-electron chi connectivity index (χ0n) is 7.83. The second-order valence-electron chi connectivity index (χ2n) is 3.62. The van der Waals surface area contributed by atoms with Crippen molar-refractivity contribution in [3.63, 3.8) is 0 Å². The molecule has 0 aliphatic heterocycles. The molecule has 1 rings (SSSR count). The van der Waals surface area contributed by atoms with E-state index in [9.17, 15) is 4.79 Å². The van der Waals surface area contributed by atoms with Gasteiger partial charge in [-0.1, -0.05) is 0 Å². The third-order valence-electron chi connectivity index (χ3n) is 1.29. The molecule has 72 valence electrons. The third kappa shape index (κ3) is 3.02. The van der Waals surface area contributed by atoms with Crippen molar-refractivity contribution in [2.24, 2.45) is 5.41 Å². The van der Waals surface area contributed by atoms with E-state index in [2.05, 4.69) is 10.5 Å². The van der Waals surface area contributed by atoms with Crippen LogP contribution in [0.5, 0.6) is 0 Å². The van der Waals surface area contributed by atoms with Gasteiger partial charge in [0.05, 0.1) is 10.9 Å². The zero-order valence-corrected chi connectivity index (χ0v) is 8.64. The second-order valence-corrected chi connectivity index (χ2v) is 4.33. The summed E-state index contributed by atoms with van der Waals surface area (Å²) in [7, 11) is 0. The van der Waals surface area contributed by atoms with Crippen LogP contribution in [0.2, 0.25) is 0 Å². The van der Waals surface area contributed by atoms with Crippen molar-refractivity contribution < 1.29 is 9.63 Å². The summed E-state index contributed by atoms with van der Waals surface area (Å²) in [5.74, 6) is 0.253. The first-order valence-corrected chi connectivity index (χ1v) is 4.80. The molecule has 0 aliphatic rings. The third-order valence-corrected chi connectivity index (χ3v) is 1.88. The molecule has 0 fully saturated rings. The highest BCUT2D eigenvalue weighted by atomic mass is 32.1. The Morgan fingerprint density at radius 1 is 1.62 bits per heavy atom. The highest BCUT2D eigenvalue weighted by Crippen LogP contribution is 2.16.